The molecule has 166 valence electrons. The van der Waals surface area contributed by atoms with Crippen LogP contribution in [-0.2, 0) is 0 Å². The zero-order valence-corrected chi connectivity index (χ0v) is 32.2. The molecule has 2 heterocycles. The van der Waals surface area contributed by atoms with Crippen LogP contribution in [0.2, 0.25) is 0 Å². The molecule has 2 aliphatic heterocycles. The lowest BCUT2D eigenvalue weighted by Crippen LogP contribution is -2.40. The van der Waals surface area contributed by atoms with Crippen LogP contribution in [0.3, 0.4) is 0 Å². The fraction of sp³-hybridized carbons (Fsp3) is 0.111. The van der Waals surface area contributed by atoms with Crippen molar-refractivity contribution in [3.05, 3.63) is 50.8 Å². The van der Waals surface area contributed by atoms with E-state index in [-0.39, 0.29) is 36.7 Å². The van der Waals surface area contributed by atoms with E-state index in [0.29, 0.717) is 22.3 Å². The highest BCUT2D eigenvalue weighted by molar-refractivity contribution is 14.1. The Hall–Kier alpha value is 2.56. The quantitative estimate of drug-likeness (QED) is 0.154. The van der Waals surface area contributed by atoms with Crippen molar-refractivity contribution in [2.75, 3.05) is 13.1 Å². The Morgan fingerprint density at radius 1 is 0.375 bits per heavy atom. The lowest BCUT2D eigenvalue weighted by atomic mass is 10.1. The van der Waals surface area contributed by atoms with Crippen molar-refractivity contribution in [3.8, 4) is 0 Å². The number of nitrogens with zero attached hydrogens (tertiary/aromatic N) is 2. The molecule has 0 saturated carbocycles. The molecule has 2 aromatic carbocycles. The summed E-state index contributed by atoms with van der Waals surface area (Å²) in [6, 6.07) is 0. The molecule has 0 atom stereocenters. The second-order valence-corrected chi connectivity index (χ2v) is 15.2. The molecule has 14 heteroatoms. The first-order chi connectivity index (χ1) is 14.9. The van der Waals surface area contributed by atoms with Crippen LogP contribution in [0, 0.1) is 28.6 Å². The number of carbonyl (C=O) groups is 4. The van der Waals surface area contributed by atoms with Crippen LogP contribution in [0.1, 0.15) is 41.4 Å². The summed E-state index contributed by atoms with van der Waals surface area (Å²) in [5, 5.41) is 0. The minimum atomic E-state index is -0.383. The lowest BCUT2D eigenvalue weighted by Gasteiger charge is -2.19. The highest BCUT2D eigenvalue weighted by Gasteiger charge is 2.44. The molecule has 0 unspecified atom stereocenters. The molecule has 0 fully saturated rings. The van der Waals surface area contributed by atoms with E-state index in [0.717, 1.165) is 38.4 Å². The van der Waals surface area contributed by atoms with Gasteiger partial charge in [0.15, 0.2) is 0 Å². The summed E-state index contributed by atoms with van der Waals surface area (Å²) >= 11 is 17.1. The highest BCUT2D eigenvalue weighted by Crippen LogP contribution is 2.39. The lowest BCUT2D eigenvalue weighted by molar-refractivity contribution is 0.0560. The Morgan fingerprint density at radius 2 is 0.562 bits per heavy atom. The van der Waals surface area contributed by atoms with E-state index in [1.54, 1.807) is 0 Å². The summed E-state index contributed by atoms with van der Waals surface area (Å²) < 4.78 is 6.73. The SMILES string of the molecule is O=C1c2c(I)c(I)c(I)c(I)c2C(=O)N1CCN1C(=O)c2c(I)c(I)c(I)c(I)c2C1=O. The van der Waals surface area contributed by atoms with E-state index < -0.39 is 0 Å². The van der Waals surface area contributed by atoms with Crippen LogP contribution >= 0.6 is 181 Å². The molecule has 32 heavy (non-hydrogen) atoms. The van der Waals surface area contributed by atoms with Gasteiger partial charge in [0.2, 0.25) is 0 Å². The third kappa shape index (κ3) is 4.23. The highest BCUT2D eigenvalue weighted by atomic mass is 127. The minimum absolute atomic E-state index is 0.0432. The van der Waals surface area contributed by atoms with Crippen LogP contribution in [0.25, 0.3) is 0 Å². The van der Waals surface area contributed by atoms with Gasteiger partial charge in [0.25, 0.3) is 23.6 Å². The standard InChI is InChI=1S/C18H4I8N2O4/c19-7-3-4(8(20)12(24)11(7)23)16(30)27(15(3)29)1-2-28-17(31)5-6(18(28)32)10(22)14(26)13(25)9(5)21/h1-2H2. The number of imide groups is 2. The van der Waals surface area contributed by atoms with Gasteiger partial charge in [-0.25, -0.2) is 0 Å². The Bertz CT molecular complexity index is 1120. The Balaban J connectivity index is 1.65. The van der Waals surface area contributed by atoms with Gasteiger partial charge in [-0.15, -0.1) is 0 Å². The molecular weight excluding hydrogens is 1320 g/mol. The topological polar surface area (TPSA) is 74.8 Å². The maximum Gasteiger partial charge on any atom is 0.262 e. The summed E-state index contributed by atoms with van der Waals surface area (Å²) in [5.74, 6) is -1.53. The zero-order chi connectivity index (χ0) is 23.8. The Labute approximate surface area is 291 Å². The summed E-state index contributed by atoms with van der Waals surface area (Å²) in [7, 11) is 0. The maximum absolute atomic E-state index is 13.1. The second-order valence-electron chi connectivity index (χ2n) is 6.54. The monoisotopic (exact) mass is 1330 g/mol. The predicted octanol–water partition coefficient (Wildman–Crippen LogP) is 6.42. The van der Waals surface area contributed by atoms with Gasteiger partial charge in [-0.3, -0.25) is 29.0 Å². The van der Waals surface area contributed by atoms with Gasteiger partial charge in [-0.05, 0) is 181 Å². The average molecular weight is 1330 g/mol. The Kier molecular flexibility index (Phi) is 8.95. The third-order valence-corrected chi connectivity index (χ3v) is 19.7. The van der Waals surface area contributed by atoms with E-state index in [2.05, 4.69) is 181 Å². The third-order valence-electron chi connectivity index (χ3n) is 4.92. The summed E-state index contributed by atoms with van der Waals surface area (Å²) in [6.07, 6.45) is 0. The van der Waals surface area contributed by atoms with Gasteiger partial charge in [-0.1, -0.05) is 0 Å². The van der Waals surface area contributed by atoms with Gasteiger partial charge in [-0.2, -0.15) is 0 Å². The first-order valence-electron chi connectivity index (χ1n) is 8.36. The molecule has 6 nitrogen and oxygen atoms in total. The molecular formula is C18H4I8N2O4. The molecule has 0 aliphatic carbocycles. The molecule has 0 radical (unpaired) electrons. The van der Waals surface area contributed by atoms with Gasteiger partial charge in [0.1, 0.15) is 0 Å². The van der Waals surface area contributed by atoms with Crippen LogP contribution in [0.5, 0.6) is 0 Å². The van der Waals surface area contributed by atoms with Crippen molar-refractivity contribution in [1.29, 1.82) is 0 Å². The van der Waals surface area contributed by atoms with E-state index >= 15 is 0 Å². The molecule has 0 spiro atoms. The first kappa shape index (κ1) is 27.6. The molecule has 0 N–H and O–H groups in total. The number of hydrogen-bond acceptors (Lipinski definition) is 4. The number of hydrogen-bond donors (Lipinski definition) is 0. The van der Waals surface area contributed by atoms with Crippen molar-refractivity contribution >= 4 is 204 Å². The largest absolute Gasteiger partial charge is 0.272 e. The normalized spacial score (nSPS) is 15.2. The Morgan fingerprint density at radius 3 is 0.750 bits per heavy atom. The minimum Gasteiger partial charge on any atom is -0.272 e. The molecule has 2 aliphatic rings. The molecule has 2 aromatic rings. The molecule has 0 saturated heterocycles. The van der Waals surface area contributed by atoms with Crippen LogP contribution in [0.4, 0.5) is 0 Å². The van der Waals surface area contributed by atoms with Crippen LogP contribution in [0.15, 0.2) is 0 Å². The number of carbonyl (C=O) groups excluding carboxylic acids is 4. The predicted molar refractivity (Wildman–Crippen MR) is 185 cm³/mol. The number of rotatable bonds is 3. The molecule has 4 rings (SSSR count). The maximum atomic E-state index is 13.1. The fourth-order valence-corrected chi connectivity index (χ4v) is 10.7. The number of benzene rings is 2. The fourth-order valence-electron chi connectivity index (χ4n) is 3.40. The number of halogens is 8. The van der Waals surface area contributed by atoms with Crippen molar-refractivity contribution in [2.24, 2.45) is 0 Å². The summed E-state index contributed by atoms with van der Waals surface area (Å²) in [5.41, 5.74) is 1.61. The van der Waals surface area contributed by atoms with Gasteiger partial charge < -0.3 is 0 Å². The summed E-state index contributed by atoms with van der Waals surface area (Å²) in [4.78, 5) is 54.8. The zero-order valence-electron chi connectivity index (χ0n) is 15.0. The van der Waals surface area contributed by atoms with Crippen molar-refractivity contribution in [2.45, 2.75) is 0 Å². The smallest absolute Gasteiger partial charge is 0.262 e. The molecule has 0 aromatic heterocycles. The molecule has 0 bridgehead atoms. The van der Waals surface area contributed by atoms with Crippen molar-refractivity contribution < 1.29 is 19.2 Å². The number of amides is 4. The van der Waals surface area contributed by atoms with E-state index in [1.165, 1.54) is 0 Å². The average Bonchev–Trinajstić information content (AvgIpc) is 3.15. The second kappa shape index (κ2) is 10.4. The first-order valence-corrected chi connectivity index (χ1v) is 17.0. The van der Waals surface area contributed by atoms with E-state index in [1.807, 2.05) is 0 Å². The van der Waals surface area contributed by atoms with Gasteiger partial charge in [0.05, 0.1) is 22.3 Å². The van der Waals surface area contributed by atoms with Crippen LogP contribution < -0.4 is 0 Å². The van der Waals surface area contributed by atoms with Crippen molar-refractivity contribution in [1.82, 2.24) is 9.80 Å². The van der Waals surface area contributed by atoms with Crippen molar-refractivity contribution in [3.63, 3.8) is 0 Å². The van der Waals surface area contributed by atoms with E-state index in [4.69, 9.17) is 0 Å². The van der Waals surface area contributed by atoms with Gasteiger partial charge in [0, 0.05) is 41.7 Å². The number of fused-ring (bicyclic) bond motifs is 2. The van der Waals surface area contributed by atoms with Crippen LogP contribution in [-0.4, -0.2) is 46.5 Å². The van der Waals surface area contributed by atoms with Gasteiger partial charge >= 0.3 is 0 Å². The van der Waals surface area contributed by atoms with E-state index in [9.17, 15) is 19.2 Å². The summed E-state index contributed by atoms with van der Waals surface area (Å²) in [6.45, 7) is -0.0864. The molecule has 4 amide bonds.